The van der Waals surface area contributed by atoms with Gasteiger partial charge < -0.3 is 34.4 Å². The van der Waals surface area contributed by atoms with Gasteiger partial charge in [0, 0.05) is 17.5 Å². The Labute approximate surface area is 289 Å². The number of ketones is 1. The highest BCUT2D eigenvalue weighted by molar-refractivity contribution is 9.08. The Morgan fingerprint density at radius 3 is 2.19 bits per heavy atom. The number of ether oxygens (including phenoxy) is 4. The van der Waals surface area contributed by atoms with Gasteiger partial charge in [-0.3, -0.25) is 9.48 Å². The van der Waals surface area contributed by atoms with Crippen LogP contribution in [-0.2, 0) is 20.1 Å². The number of fused-ring (bicyclic) bond motifs is 1. The number of benzene rings is 2. The van der Waals surface area contributed by atoms with Gasteiger partial charge in [-0.2, -0.15) is 5.10 Å². The molecule has 0 fully saturated rings. The van der Waals surface area contributed by atoms with Crippen molar-refractivity contribution in [3.8, 4) is 34.8 Å². The van der Waals surface area contributed by atoms with Gasteiger partial charge >= 0.3 is 5.95 Å². The SMILES string of the molecule is C/C=C\c1nc([N+](=O)[O-])n(C)c1CNC.CBr.CC#Cc1c(OC)ccc2c(C(=O)c3cc(OC)c(OC)c(OC)c3)nn(CCC)c12. The van der Waals surface area contributed by atoms with Crippen molar-refractivity contribution in [2.45, 2.75) is 40.3 Å². The molecule has 13 nitrogen and oxygen atoms in total. The molecule has 4 aromatic rings. The first-order chi connectivity index (χ1) is 23.1. The number of nitrogens with one attached hydrogen (secondary N) is 1. The lowest BCUT2D eigenvalue weighted by Gasteiger charge is -2.13. The molecule has 0 radical (unpaired) electrons. The largest absolute Gasteiger partial charge is 0.495 e. The lowest BCUT2D eigenvalue weighted by Crippen LogP contribution is -2.11. The molecule has 2 aromatic heterocycles. The molecular weight excluding hydrogens is 684 g/mol. The van der Waals surface area contributed by atoms with E-state index in [9.17, 15) is 14.9 Å². The number of methoxy groups -OCH3 is 4. The minimum absolute atomic E-state index is 0.131. The number of aryl methyl sites for hydroxylation is 1. The summed E-state index contributed by atoms with van der Waals surface area (Å²) in [4.78, 5) is 27.7. The van der Waals surface area contributed by atoms with Crippen LogP contribution >= 0.6 is 15.9 Å². The van der Waals surface area contributed by atoms with Gasteiger partial charge in [0.1, 0.15) is 17.1 Å². The summed E-state index contributed by atoms with van der Waals surface area (Å²) < 4.78 is 25.0. The van der Waals surface area contributed by atoms with Gasteiger partial charge in [-0.15, -0.1) is 5.92 Å². The molecule has 0 unspecified atom stereocenters. The summed E-state index contributed by atoms with van der Waals surface area (Å²) in [7, 11) is 9.58. The number of nitrogens with zero attached hydrogens (tertiary/aromatic N) is 5. The molecule has 4 rings (SSSR count). The Bertz CT molecular complexity index is 1790. The molecule has 0 amide bonds. The normalized spacial score (nSPS) is 10.3. The van der Waals surface area contributed by atoms with Crippen LogP contribution in [0.3, 0.4) is 0 Å². The second-order valence-corrected chi connectivity index (χ2v) is 9.82. The van der Waals surface area contributed by atoms with Crippen molar-refractivity contribution in [3.05, 3.63) is 68.7 Å². The van der Waals surface area contributed by atoms with E-state index in [0.717, 1.165) is 17.6 Å². The number of hydrogen-bond acceptors (Lipinski definition) is 10. The fraction of sp³-hybridized carbons (Fsp3) is 0.382. The van der Waals surface area contributed by atoms with E-state index in [4.69, 9.17) is 18.9 Å². The van der Waals surface area contributed by atoms with Gasteiger partial charge in [-0.05, 0) is 68.4 Å². The quantitative estimate of drug-likeness (QED) is 0.0591. The predicted molar refractivity (Wildman–Crippen MR) is 191 cm³/mol. The fourth-order valence-corrected chi connectivity index (χ4v) is 4.93. The third-order valence-electron chi connectivity index (χ3n) is 6.97. The van der Waals surface area contributed by atoms with Gasteiger partial charge in [0.05, 0.1) is 53.1 Å². The third-order valence-corrected chi connectivity index (χ3v) is 6.97. The lowest BCUT2D eigenvalue weighted by atomic mass is 10.0. The molecule has 2 aromatic carbocycles. The molecule has 0 aliphatic carbocycles. The summed E-state index contributed by atoms with van der Waals surface area (Å²) in [6, 6.07) is 6.92. The maximum atomic E-state index is 13.5. The number of allylic oxidation sites excluding steroid dienone is 1. The number of imidazole rings is 1. The molecule has 0 spiro atoms. The molecule has 0 saturated carbocycles. The molecule has 0 bridgehead atoms. The first-order valence-electron chi connectivity index (χ1n) is 14.9. The van der Waals surface area contributed by atoms with E-state index in [2.05, 4.69) is 50.1 Å². The monoisotopic (exact) mass is 726 g/mol. The number of carbonyl (C=O) groups excluding carboxylic acids is 1. The van der Waals surface area contributed by atoms with Crippen molar-refractivity contribution >= 4 is 44.6 Å². The highest BCUT2D eigenvalue weighted by Gasteiger charge is 2.25. The highest BCUT2D eigenvalue weighted by Crippen LogP contribution is 2.39. The Morgan fingerprint density at radius 2 is 1.71 bits per heavy atom. The zero-order chi connectivity index (χ0) is 36.0. The van der Waals surface area contributed by atoms with Gasteiger partial charge in [-0.1, -0.05) is 39.8 Å². The van der Waals surface area contributed by atoms with Crippen LogP contribution in [0, 0.1) is 22.0 Å². The second kappa shape index (κ2) is 19.1. The van der Waals surface area contributed by atoms with E-state index in [0.29, 0.717) is 64.0 Å². The predicted octanol–water partition coefficient (Wildman–Crippen LogP) is 6.18. The Hall–Kier alpha value is -4.87. The Kier molecular flexibility index (Phi) is 15.6. The van der Waals surface area contributed by atoms with Crippen LogP contribution in [0.1, 0.15) is 60.2 Å². The first kappa shape index (κ1) is 39.3. The number of rotatable bonds is 12. The van der Waals surface area contributed by atoms with Crippen LogP contribution in [0.15, 0.2) is 30.3 Å². The molecule has 1 N–H and O–H groups in total. The van der Waals surface area contributed by atoms with Gasteiger partial charge in [-0.25, -0.2) is 4.57 Å². The van der Waals surface area contributed by atoms with E-state index in [1.54, 1.807) is 46.3 Å². The van der Waals surface area contributed by atoms with E-state index in [-0.39, 0.29) is 11.7 Å². The summed E-state index contributed by atoms with van der Waals surface area (Å²) in [5.74, 6) is 9.35. The number of alkyl halides is 1. The average Bonchev–Trinajstić information content (AvgIpc) is 3.62. The number of halogens is 1. The first-order valence-corrected chi connectivity index (χ1v) is 16.4. The zero-order valence-electron chi connectivity index (χ0n) is 29.1. The zero-order valence-corrected chi connectivity index (χ0v) is 30.6. The summed E-state index contributed by atoms with van der Waals surface area (Å²) in [6.07, 6.45) is 4.43. The molecule has 0 aliphatic heterocycles. The molecular formula is C34H43BrN6O7. The molecule has 14 heteroatoms. The van der Waals surface area contributed by atoms with Crippen LogP contribution in [0.5, 0.6) is 23.0 Å². The molecule has 0 saturated heterocycles. The van der Waals surface area contributed by atoms with Crippen LogP contribution < -0.4 is 24.3 Å². The van der Waals surface area contributed by atoms with Crippen molar-refractivity contribution in [2.24, 2.45) is 7.05 Å². The van der Waals surface area contributed by atoms with E-state index >= 15 is 0 Å². The minimum Gasteiger partial charge on any atom is -0.495 e. The number of hydrogen-bond donors (Lipinski definition) is 1. The summed E-state index contributed by atoms with van der Waals surface area (Å²) in [6.45, 7) is 6.87. The average molecular weight is 728 g/mol. The molecule has 0 aliphatic rings. The molecule has 258 valence electrons. The number of aromatic nitrogens is 4. The van der Waals surface area contributed by atoms with Crippen LogP contribution in [0.4, 0.5) is 5.95 Å². The van der Waals surface area contributed by atoms with Crippen molar-refractivity contribution in [1.82, 2.24) is 24.6 Å². The smallest absolute Gasteiger partial charge is 0.435 e. The van der Waals surface area contributed by atoms with E-state index < -0.39 is 4.92 Å². The topological polar surface area (TPSA) is 145 Å². The Morgan fingerprint density at radius 1 is 1.08 bits per heavy atom. The van der Waals surface area contributed by atoms with E-state index in [1.165, 1.54) is 25.9 Å². The fourth-order valence-electron chi connectivity index (χ4n) is 4.93. The third kappa shape index (κ3) is 8.53. The lowest BCUT2D eigenvalue weighted by molar-refractivity contribution is -0.396. The van der Waals surface area contributed by atoms with Crippen molar-refractivity contribution in [2.75, 3.05) is 41.3 Å². The summed E-state index contributed by atoms with van der Waals surface area (Å²) in [5, 5.41) is 19.0. The van der Waals surface area contributed by atoms with Gasteiger partial charge in [0.25, 0.3) is 0 Å². The van der Waals surface area contributed by atoms with Crippen molar-refractivity contribution in [1.29, 1.82) is 0 Å². The molecule has 0 atom stereocenters. The maximum Gasteiger partial charge on any atom is 0.435 e. The standard InChI is InChI=1S/C24H26N2O5.C9H14N4O2.CH3Br/c1-7-9-16-18(28-3)11-10-17-21(25-26(12-8-2)22(16)17)23(27)15-13-19(29-4)24(31-6)20(14-15)30-5;1-4-5-7-8(6-10-2)12(3)9(11-7)13(14)15;1-2/h10-11,13-14H,8,12H2,1-6H3;4-5,10H,6H2,1-3H3;1H3/b;5-4-;. The van der Waals surface area contributed by atoms with Crippen molar-refractivity contribution < 1.29 is 28.7 Å². The Balaban J connectivity index is 0.000000395. The maximum absolute atomic E-state index is 13.5. The summed E-state index contributed by atoms with van der Waals surface area (Å²) >= 11 is 2.94. The van der Waals surface area contributed by atoms with Crippen LogP contribution in [-0.4, -0.2) is 71.4 Å². The summed E-state index contributed by atoms with van der Waals surface area (Å²) in [5.41, 5.74) is 3.66. The van der Waals surface area contributed by atoms with Crippen LogP contribution in [0.25, 0.3) is 17.0 Å². The molecule has 2 heterocycles. The van der Waals surface area contributed by atoms with Gasteiger partial charge in [0.2, 0.25) is 11.5 Å². The molecule has 48 heavy (non-hydrogen) atoms. The van der Waals surface area contributed by atoms with E-state index in [1.807, 2.05) is 35.6 Å². The van der Waals surface area contributed by atoms with Gasteiger partial charge in [0.15, 0.2) is 17.2 Å². The van der Waals surface area contributed by atoms with Crippen LogP contribution in [0.2, 0.25) is 0 Å². The van der Waals surface area contributed by atoms with Crippen molar-refractivity contribution in [3.63, 3.8) is 0 Å². The number of carbonyl (C=O) groups is 1. The highest BCUT2D eigenvalue weighted by atomic mass is 79.9. The number of nitro groups is 1. The second-order valence-electron chi connectivity index (χ2n) is 9.82. The minimum atomic E-state index is -0.480.